The number of anilines is 1. The molecule has 0 aliphatic rings. The van der Waals surface area contributed by atoms with Crippen molar-refractivity contribution < 1.29 is 9.59 Å². The highest BCUT2D eigenvalue weighted by molar-refractivity contribution is 7.97. The minimum absolute atomic E-state index is 0.0134. The number of Topliss-reactive ketones (excluding diaryl/α,β-unsaturated/α-hetero) is 1. The molecule has 0 atom stereocenters. The van der Waals surface area contributed by atoms with Crippen LogP contribution in [-0.2, 0) is 6.54 Å². The van der Waals surface area contributed by atoms with E-state index in [9.17, 15) is 9.59 Å². The molecule has 3 rings (SSSR count). The fraction of sp³-hybridized carbons (Fsp3) is 0.190. The van der Waals surface area contributed by atoms with E-state index in [1.54, 1.807) is 6.26 Å². The average molecular weight is 412 g/mol. The highest BCUT2D eigenvalue weighted by atomic mass is 32.2. The maximum atomic E-state index is 12.8. The second-order valence-corrected chi connectivity index (χ2v) is 7.96. The van der Waals surface area contributed by atoms with E-state index in [4.69, 9.17) is 0 Å². The van der Waals surface area contributed by atoms with Gasteiger partial charge in [0.15, 0.2) is 10.9 Å². The Labute approximate surface area is 172 Å². The van der Waals surface area contributed by atoms with E-state index >= 15 is 0 Å². The number of carbonyl (C=O) groups is 2. The SMILES string of the molecule is CSNC(=O)c1nc(N(CC(=O)c2ccccc2)Cc2ccccc2)sc1C. The Hall–Kier alpha value is -2.64. The molecule has 0 aliphatic heterocycles. The molecule has 5 nitrogen and oxygen atoms in total. The van der Waals surface area contributed by atoms with Crippen LogP contribution in [0.5, 0.6) is 0 Å². The Morgan fingerprint density at radius 2 is 1.71 bits per heavy atom. The van der Waals surface area contributed by atoms with E-state index < -0.39 is 0 Å². The van der Waals surface area contributed by atoms with Crippen molar-refractivity contribution >= 4 is 40.1 Å². The number of amides is 1. The highest BCUT2D eigenvalue weighted by Gasteiger charge is 2.21. The number of ketones is 1. The standard InChI is InChI=1S/C21H21N3O2S2/c1-15-19(20(26)23-27-2)22-21(28-15)24(13-16-9-5-3-6-10-16)14-18(25)17-11-7-4-8-12-17/h3-12H,13-14H2,1-2H3,(H,23,26). The number of rotatable bonds is 8. The van der Waals surface area contributed by atoms with E-state index in [-0.39, 0.29) is 18.2 Å². The zero-order valence-electron chi connectivity index (χ0n) is 15.7. The zero-order chi connectivity index (χ0) is 19.9. The number of hydrogen-bond acceptors (Lipinski definition) is 6. The van der Waals surface area contributed by atoms with E-state index in [1.807, 2.05) is 72.5 Å². The quantitative estimate of drug-likeness (QED) is 0.441. The number of hydrogen-bond donors (Lipinski definition) is 1. The molecular weight excluding hydrogens is 390 g/mol. The molecule has 28 heavy (non-hydrogen) atoms. The first kappa shape index (κ1) is 20.1. The van der Waals surface area contributed by atoms with E-state index in [0.29, 0.717) is 22.9 Å². The van der Waals surface area contributed by atoms with Crippen LogP contribution in [0.1, 0.15) is 31.3 Å². The van der Waals surface area contributed by atoms with Gasteiger partial charge < -0.3 is 4.90 Å². The fourth-order valence-electron chi connectivity index (χ4n) is 2.75. The van der Waals surface area contributed by atoms with Crippen molar-refractivity contribution in [1.82, 2.24) is 9.71 Å². The summed E-state index contributed by atoms with van der Waals surface area (Å²) in [6.07, 6.45) is 1.79. The normalized spacial score (nSPS) is 10.5. The third kappa shape index (κ3) is 4.99. The van der Waals surface area contributed by atoms with Crippen molar-refractivity contribution in [2.75, 3.05) is 17.7 Å². The lowest BCUT2D eigenvalue weighted by Gasteiger charge is -2.21. The number of nitrogens with one attached hydrogen (secondary N) is 1. The largest absolute Gasteiger partial charge is 0.336 e. The summed E-state index contributed by atoms with van der Waals surface area (Å²) in [5.41, 5.74) is 2.14. The Bertz CT molecular complexity index is 943. The van der Waals surface area contributed by atoms with Gasteiger partial charge in [-0.15, -0.1) is 11.3 Å². The van der Waals surface area contributed by atoms with Crippen molar-refractivity contribution in [3.63, 3.8) is 0 Å². The third-order valence-corrected chi connectivity index (χ3v) is 5.53. The monoisotopic (exact) mass is 411 g/mol. The summed E-state index contributed by atoms with van der Waals surface area (Å²) in [7, 11) is 0. The average Bonchev–Trinajstić information content (AvgIpc) is 3.11. The summed E-state index contributed by atoms with van der Waals surface area (Å²) >= 11 is 2.66. The first-order valence-corrected chi connectivity index (χ1v) is 10.8. The van der Waals surface area contributed by atoms with Gasteiger partial charge in [-0.3, -0.25) is 14.3 Å². The smallest absolute Gasteiger partial charge is 0.280 e. The number of carbonyl (C=O) groups excluding carboxylic acids is 2. The molecule has 0 saturated carbocycles. The second-order valence-electron chi connectivity index (χ2n) is 6.17. The minimum Gasteiger partial charge on any atom is -0.336 e. The topological polar surface area (TPSA) is 62.3 Å². The summed E-state index contributed by atoms with van der Waals surface area (Å²) < 4.78 is 2.71. The van der Waals surface area contributed by atoms with Crippen LogP contribution in [-0.4, -0.2) is 29.5 Å². The molecule has 0 fully saturated rings. The minimum atomic E-state index is -0.221. The van der Waals surface area contributed by atoms with Gasteiger partial charge in [-0.2, -0.15) is 0 Å². The molecule has 0 saturated heterocycles. The number of aromatic nitrogens is 1. The fourth-order valence-corrected chi connectivity index (χ4v) is 3.94. The molecule has 1 aromatic heterocycles. The number of benzene rings is 2. The summed E-state index contributed by atoms with van der Waals surface area (Å²) in [5, 5.41) is 0.664. The number of thiazole rings is 1. The summed E-state index contributed by atoms with van der Waals surface area (Å²) in [6, 6.07) is 19.2. The summed E-state index contributed by atoms with van der Waals surface area (Å²) in [4.78, 5) is 32.3. The molecule has 3 aromatic rings. The zero-order valence-corrected chi connectivity index (χ0v) is 17.3. The molecule has 0 unspecified atom stereocenters. The van der Waals surface area contributed by atoms with E-state index in [0.717, 1.165) is 10.4 Å². The van der Waals surface area contributed by atoms with E-state index in [2.05, 4.69) is 9.71 Å². The Balaban J connectivity index is 1.89. The van der Waals surface area contributed by atoms with Crippen LogP contribution in [0.25, 0.3) is 0 Å². The lowest BCUT2D eigenvalue weighted by Crippen LogP contribution is -2.29. The summed E-state index contributed by atoms with van der Waals surface area (Å²) in [5.74, 6) is -0.207. The maximum Gasteiger partial charge on any atom is 0.280 e. The van der Waals surface area contributed by atoms with Gasteiger partial charge in [-0.05, 0) is 12.5 Å². The lowest BCUT2D eigenvalue weighted by atomic mass is 10.1. The van der Waals surface area contributed by atoms with Crippen LogP contribution in [0.4, 0.5) is 5.13 Å². The van der Waals surface area contributed by atoms with Gasteiger partial charge in [0.05, 0.1) is 6.54 Å². The molecule has 0 aliphatic carbocycles. The van der Waals surface area contributed by atoms with Gasteiger partial charge in [0.2, 0.25) is 0 Å². The van der Waals surface area contributed by atoms with Gasteiger partial charge in [0.1, 0.15) is 5.69 Å². The van der Waals surface area contributed by atoms with Gasteiger partial charge in [-0.1, -0.05) is 72.6 Å². The Morgan fingerprint density at radius 3 is 2.36 bits per heavy atom. The van der Waals surface area contributed by atoms with E-state index in [1.165, 1.54) is 23.3 Å². The molecule has 0 bridgehead atoms. The van der Waals surface area contributed by atoms with Crippen LogP contribution in [0.3, 0.4) is 0 Å². The van der Waals surface area contributed by atoms with Gasteiger partial charge in [0.25, 0.3) is 5.91 Å². The molecular formula is C21H21N3O2S2. The highest BCUT2D eigenvalue weighted by Crippen LogP contribution is 2.27. The third-order valence-electron chi connectivity index (χ3n) is 4.11. The van der Waals surface area contributed by atoms with Crippen LogP contribution in [0, 0.1) is 6.92 Å². The van der Waals surface area contributed by atoms with Crippen molar-refractivity contribution in [1.29, 1.82) is 0 Å². The van der Waals surface area contributed by atoms with Crippen molar-refractivity contribution in [3.05, 3.63) is 82.4 Å². The Kier molecular flexibility index (Phi) is 6.84. The van der Waals surface area contributed by atoms with Crippen LogP contribution in [0.15, 0.2) is 60.7 Å². The number of aryl methyl sites for hydroxylation is 1. The Morgan fingerprint density at radius 1 is 1.07 bits per heavy atom. The number of nitrogens with zero attached hydrogens (tertiary/aromatic N) is 2. The molecule has 2 aromatic carbocycles. The van der Waals surface area contributed by atoms with Gasteiger partial charge in [0, 0.05) is 23.2 Å². The molecule has 1 N–H and O–H groups in total. The first-order chi connectivity index (χ1) is 13.6. The molecule has 0 radical (unpaired) electrons. The summed E-state index contributed by atoms with van der Waals surface area (Å²) in [6.45, 7) is 2.60. The second kappa shape index (κ2) is 9.52. The lowest BCUT2D eigenvalue weighted by molar-refractivity contribution is 0.0978. The molecule has 144 valence electrons. The van der Waals surface area contributed by atoms with Crippen molar-refractivity contribution in [2.24, 2.45) is 0 Å². The van der Waals surface area contributed by atoms with Gasteiger partial charge in [-0.25, -0.2) is 4.98 Å². The van der Waals surface area contributed by atoms with Crippen molar-refractivity contribution in [3.8, 4) is 0 Å². The van der Waals surface area contributed by atoms with Crippen LogP contribution < -0.4 is 9.62 Å². The van der Waals surface area contributed by atoms with Gasteiger partial charge >= 0.3 is 0 Å². The predicted octanol–water partition coefficient (Wildman–Crippen LogP) is 4.35. The maximum absolute atomic E-state index is 12.8. The molecule has 1 amide bonds. The molecule has 0 spiro atoms. The van der Waals surface area contributed by atoms with Crippen LogP contribution in [0.2, 0.25) is 0 Å². The molecule has 1 heterocycles. The van der Waals surface area contributed by atoms with Crippen molar-refractivity contribution in [2.45, 2.75) is 13.5 Å². The predicted molar refractivity (Wildman–Crippen MR) is 116 cm³/mol. The molecule has 7 heteroatoms. The first-order valence-electron chi connectivity index (χ1n) is 8.76. The van der Waals surface area contributed by atoms with Crippen LogP contribution >= 0.6 is 23.3 Å².